The lowest BCUT2D eigenvalue weighted by Crippen LogP contribution is -2.34. The second kappa shape index (κ2) is 5.44. The lowest BCUT2D eigenvalue weighted by molar-refractivity contribution is -0.127. The number of rotatable bonds is 6. The van der Waals surface area contributed by atoms with Crippen molar-refractivity contribution in [3.8, 4) is 0 Å². The Balaban J connectivity index is 1.60. The summed E-state index contributed by atoms with van der Waals surface area (Å²) in [5.74, 6) is 2.99. The number of carbonyl (C=O) groups is 1. The van der Waals surface area contributed by atoms with Gasteiger partial charge in [0, 0.05) is 24.6 Å². The molecule has 2 fully saturated rings. The summed E-state index contributed by atoms with van der Waals surface area (Å²) in [5.41, 5.74) is 0. The highest BCUT2D eigenvalue weighted by Gasteiger charge is 2.36. The van der Waals surface area contributed by atoms with Crippen molar-refractivity contribution in [2.75, 3.05) is 13.2 Å². The third-order valence-electron chi connectivity index (χ3n) is 4.12. The van der Waals surface area contributed by atoms with E-state index in [0.29, 0.717) is 18.5 Å². The third-order valence-corrected chi connectivity index (χ3v) is 4.12. The van der Waals surface area contributed by atoms with E-state index in [-0.39, 0.29) is 12.5 Å². The van der Waals surface area contributed by atoms with Crippen molar-refractivity contribution in [3.05, 3.63) is 29.7 Å². The minimum absolute atomic E-state index is 0.0144. The molecule has 1 aromatic rings. The van der Waals surface area contributed by atoms with Crippen molar-refractivity contribution in [1.29, 1.82) is 0 Å². The predicted molar refractivity (Wildman–Crippen MR) is 76.1 cm³/mol. The molecular weight excluding hydrogens is 254 g/mol. The van der Waals surface area contributed by atoms with Crippen LogP contribution in [0, 0.1) is 5.92 Å². The average Bonchev–Trinajstić information content (AvgIpc) is 3.35. The van der Waals surface area contributed by atoms with E-state index < -0.39 is 0 Å². The molecule has 1 amide bonds. The molecule has 4 heteroatoms. The smallest absolute Gasteiger partial charge is 0.247 e. The highest BCUT2D eigenvalue weighted by molar-refractivity contribution is 5.91. The molecule has 0 aliphatic heterocycles. The van der Waals surface area contributed by atoms with Gasteiger partial charge >= 0.3 is 0 Å². The molecule has 2 saturated carbocycles. The lowest BCUT2D eigenvalue weighted by Gasteiger charge is -2.19. The summed E-state index contributed by atoms with van der Waals surface area (Å²) in [7, 11) is 0. The molecule has 108 valence electrons. The zero-order chi connectivity index (χ0) is 14.1. The van der Waals surface area contributed by atoms with Gasteiger partial charge in [0.15, 0.2) is 0 Å². The minimum atomic E-state index is -0.0423. The Morgan fingerprint density at radius 3 is 2.85 bits per heavy atom. The van der Waals surface area contributed by atoms with Gasteiger partial charge in [-0.05, 0) is 43.4 Å². The molecule has 2 unspecified atom stereocenters. The fraction of sp³-hybridized carbons (Fsp3) is 0.562. The molecule has 1 N–H and O–H groups in total. The van der Waals surface area contributed by atoms with Gasteiger partial charge in [-0.25, -0.2) is 0 Å². The van der Waals surface area contributed by atoms with Crippen LogP contribution in [-0.2, 0) is 4.79 Å². The van der Waals surface area contributed by atoms with Gasteiger partial charge < -0.3 is 14.4 Å². The summed E-state index contributed by atoms with van der Waals surface area (Å²) < 4.78 is 5.74. The summed E-state index contributed by atoms with van der Waals surface area (Å²) in [6, 6.07) is 4.24. The van der Waals surface area contributed by atoms with E-state index in [0.717, 1.165) is 30.3 Å². The molecular formula is C16H21NO3. The second-order valence-electron chi connectivity index (χ2n) is 5.88. The predicted octanol–water partition coefficient (Wildman–Crippen LogP) is 2.40. The molecule has 0 aromatic carbocycles. The summed E-state index contributed by atoms with van der Waals surface area (Å²) in [6.07, 6.45) is 6.56. The van der Waals surface area contributed by atoms with Crippen LogP contribution < -0.4 is 0 Å². The van der Waals surface area contributed by atoms with Crippen LogP contribution in [0.25, 0.3) is 6.08 Å². The number of hydrogen-bond acceptors (Lipinski definition) is 3. The SMILES string of the molecule is CC1CC1c1ccc(/C=C/C(=O)N(CCO)C2CC2)o1. The van der Waals surface area contributed by atoms with Gasteiger partial charge in [-0.2, -0.15) is 0 Å². The molecule has 4 nitrogen and oxygen atoms in total. The van der Waals surface area contributed by atoms with Crippen LogP contribution in [0.2, 0.25) is 0 Å². The molecule has 20 heavy (non-hydrogen) atoms. The monoisotopic (exact) mass is 275 g/mol. The number of carbonyl (C=O) groups excluding carboxylic acids is 1. The first-order valence-electron chi connectivity index (χ1n) is 7.38. The Kier molecular flexibility index (Phi) is 3.66. The van der Waals surface area contributed by atoms with E-state index in [4.69, 9.17) is 9.52 Å². The fourth-order valence-electron chi connectivity index (χ4n) is 2.59. The number of nitrogens with zero attached hydrogens (tertiary/aromatic N) is 1. The Morgan fingerprint density at radius 2 is 2.25 bits per heavy atom. The van der Waals surface area contributed by atoms with Crippen molar-refractivity contribution >= 4 is 12.0 Å². The zero-order valence-corrected chi connectivity index (χ0v) is 11.8. The maximum atomic E-state index is 12.1. The van der Waals surface area contributed by atoms with Crippen LogP contribution in [0.3, 0.4) is 0 Å². The number of aliphatic hydroxyl groups excluding tert-OH is 1. The first-order valence-corrected chi connectivity index (χ1v) is 7.38. The fourth-order valence-corrected chi connectivity index (χ4v) is 2.59. The molecule has 0 radical (unpaired) electrons. The molecule has 0 bridgehead atoms. The molecule has 1 heterocycles. The topological polar surface area (TPSA) is 53.7 Å². The van der Waals surface area contributed by atoms with Gasteiger partial charge in [-0.15, -0.1) is 0 Å². The summed E-state index contributed by atoms with van der Waals surface area (Å²) in [4.78, 5) is 13.8. The molecule has 0 spiro atoms. The van der Waals surface area contributed by atoms with E-state index >= 15 is 0 Å². The van der Waals surface area contributed by atoms with Crippen LogP contribution in [0.5, 0.6) is 0 Å². The van der Waals surface area contributed by atoms with Crippen LogP contribution in [-0.4, -0.2) is 35.1 Å². The zero-order valence-electron chi connectivity index (χ0n) is 11.8. The normalized spacial score (nSPS) is 25.1. The van der Waals surface area contributed by atoms with Gasteiger partial charge in [-0.1, -0.05) is 6.92 Å². The van der Waals surface area contributed by atoms with Crippen LogP contribution in [0.15, 0.2) is 22.6 Å². The first-order chi connectivity index (χ1) is 9.69. The van der Waals surface area contributed by atoms with E-state index in [1.807, 2.05) is 12.1 Å². The van der Waals surface area contributed by atoms with Gasteiger partial charge in [0.1, 0.15) is 11.5 Å². The number of aliphatic hydroxyl groups is 1. The number of hydrogen-bond donors (Lipinski definition) is 1. The van der Waals surface area contributed by atoms with Crippen LogP contribution in [0.1, 0.15) is 43.6 Å². The number of amides is 1. The van der Waals surface area contributed by atoms with Crippen LogP contribution in [0.4, 0.5) is 0 Å². The Bertz CT molecular complexity index is 516. The van der Waals surface area contributed by atoms with Crippen LogP contribution >= 0.6 is 0 Å². The molecule has 2 atom stereocenters. The van der Waals surface area contributed by atoms with Gasteiger partial charge in [0.05, 0.1) is 6.61 Å². The van der Waals surface area contributed by atoms with Crippen molar-refractivity contribution < 1.29 is 14.3 Å². The van der Waals surface area contributed by atoms with E-state index in [1.54, 1.807) is 17.1 Å². The van der Waals surface area contributed by atoms with E-state index in [9.17, 15) is 4.79 Å². The van der Waals surface area contributed by atoms with Crippen molar-refractivity contribution in [2.24, 2.45) is 5.92 Å². The molecule has 2 aliphatic rings. The first kappa shape index (κ1) is 13.4. The maximum Gasteiger partial charge on any atom is 0.247 e. The highest BCUT2D eigenvalue weighted by Crippen LogP contribution is 2.47. The molecule has 0 saturated heterocycles. The largest absolute Gasteiger partial charge is 0.461 e. The van der Waals surface area contributed by atoms with Gasteiger partial charge in [0.2, 0.25) is 5.91 Å². The van der Waals surface area contributed by atoms with Crippen molar-refractivity contribution in [3.63, 3.8) is 0 Å². The summed E-state index contributed by atoms with van der Waals surface area (Å²) >= 11 is 0. The Hall–Kier alpha value is -1.55. The Morgan fingerprint density at radius 1 is 1.50 bits per heavy atom. The number of furan rings is 1. The lowest BCUT2D eigenvalue weighted by atomic mass is 10.3. The second-order valence-corrected chi connectivity index (χ2v) is 5.88. The van der Waals surface area contributed by atoms with Gasteiger partial charge in [-0.3, -0.25) is 4.79 Å². The van der Waals surface area contributed by atoms with E-state index in [2.05, 4.69) is 6.92 Å². The minimum Gasteiger partial charge on any atom is -0.461 e. The Labute approximate surface area is 119 Å². The standard InChI is InChI=1S/C16H21NO3/c1-11-10-14(11)15-6-4-13(20-15)5-7-16(19)17(8-9-18)12-2-3-12/h4-7,11-12,14,18H,2-3,8-10H2,1H3/b7-5+. The summed E-state index contributed by atoms with van der Waals surface area (Å²) in [6.45, 7) is 2.64. The molecule has 2 aliphatic carbocycles. The highest BCUT2D eigenvalue weighted by atomic mass is 16.3. The maximum absolute atomic E-state index is 12.1. The van der Waals surface area contributed by atoms with Gasteiger partial charge in [0.25, 0.3) is 0 Å². The molecule has 3 rings (SSSR count). The molecule has 1 aromatic heterocycles. The van der Waals surface area contributed by atoms with Crippen molar-refractivity contribution in [2.45, 2.75) is 38.1 Å². The van der Waals surface area contributed by atoms with Crippen molar-refractivity contribution in [1.82, 2.24) is 4.90 Å². The third kappa shape index (κ3) is 2.96. The van der Waals surface area contributed by atoms with E-state index in [1.165, 1.54) is 6.42 Å². The quantitative estimate of drug-likeness (QED) is 0.811. The average molecular weight is 275 g/mol. The summed E-state index contributed by atoms with van der Waals surface area (Å²) in [5, 5.41) is 9.01.